The molecule has 2 amide bonds. The predicted molar refractivity (Wildman–Crippen MR) is 91.1 cm³/mol. The molecule has 0 bridgehead atoms. The molecule has 0 spiro atoms. The Labute approximate surface area is 134 Å². The number of hydrogen-bond donors (Lipinski definition) is 3. The van der Waals surface area contributed by atoms with Gasteiger partial charge in [-0.1, -0.05) is 0 Å². The Morgan fingerprint density at radius 2 is 1.26 bits per heavy atom. The Morgan fingerprint density at radius 1 is 0.826 bits per heavy atom. The molecule has 6 nitrogen and oxygen atoms in total. The van der Waals surface area contributed by atoms with E-state index in [1.807, 2.05) is 36.4 Å². The molecule has 0 radical (unpaired) electrons. The first-order valence-electron chi connectivity index (χ1n) is 7.25. The fraction of sp³-hybridized carbons (Fsp3) is 0.176. The van der Waals surface area contributed by atoms with E-state index >= 15 is 0 Å². The van der Waals surface area contributed by atoms with E-state index in [1.165, 1.54) is 6.92 Å². The summed E-state index contributed by atoms with van der Waals surface area (Å²) in [5.74, 6) is -0.101. The minimum Gasteiger partial charge on any atom is -0.450 e. The first kappa shape index (κ1) is 16.4. The molecular weight excluding hydrogens is 294 g/mol. The molecule has 0 aromatic heterocycles. The molecule has 0 unspecified atom stereocenters. The van der Waals surface area contributed by atoms with Crippen LogP contribution in [0.1, 0.15) is 13.8 Å². The van der Waals surface area contributed by atoms with Crippen molar-refractivity contribution >= 4 is 34.7 Å². The van der Waals surface area contributed by atoms with Gasteiger partial charge in [-0.05, 0) is 55.5 Å². The number of anilines is 4. The van der Waals surface area contributed by atoms with Crippen LogP contribution in [-0.2, 0) is 9.53 Å². The van der Waals surface area contributed by atoms with Gasteiger partial charge in [-0.25, -0.2) is 4.79 Å². The van der Waals surface area contributed by atoms with Crippen molar-refractivity contribution in [3.05, 3.63) is 48.5 Å². The Kier molecular flexibility index (Phi) is 5.57. The van der Waals surface area contributed by atoms with Crippen molar-refractivity contribution in [3.63, 3.8) is 0 Å². The molecule has 23 heavy (non-hydrogen) atoms. The molecule has 2 rings (SSSR count). The number of ether oxygens (including phenoxy) is 1. The second-order valence-electron chi connectivity index (χ2n) is 4.81. The molecule has 2 aromatic rings. The summed E-state index contributed by atoms with van der Waals surface area (Å²) in [6, 6.07) is 14.6. The van der Waals surface area contributed by atoms with Crippen LogP contribution in [-0.4, -0.2) is 18.6 Å². The summed E-state index contributed by atoms with van der Waals surface area (Å²) < 4.78 is 4.81. The van der Waals surface area contributed by atoms with Crippen molar-refractivity contribution in [2.75, 3.05) is 22.6 Å². The maximum Gasteiger partial charge on any atom is 0.411 e. The van der Waals surface area contributed by atoms with Gasteiger partial charge in [0.1, 0.15) is 0 Å². The summed E-state index contributed by atoms with van der Waals surface area (Å²) in [7, 11) is 0. The zero-order valence-corrected chi connectivity index (χ0v) is 13.1. The monoisotopic (exact) mass is 313 g/mol. The van der Waals surface area contributed by atoms with Gasteiger partial charge in [0.15, 0.2) is 0 Å². The molecule has 3 N–H and O–H groups in total. The molecule has 0 aliphatic carbocycles. The zero-order valence-electron chi connectivity index (χ0n) is 13.1. The summed E-state index contributed by atoms with van der Waals surface area (Å²) in [5, 5.41) is 8.58. The molecule has 0 fully saturated rings. The Hall–Kier alpha value is -3.02. The number of nitrogens with one attached hydrogen (secondary N) is 3. The first-order chi connectivity index (χ1) is 11.1. The van der Waals surface area contributed by atoms with E-state index < -0.39 is 6.09 Å². The highest BCUT2D eigenvalue weighted by Crippen LogP contribution is 2.20. The summed E-state index contributed by atoms with van der Waals surface area (Å²) in [6.07, 6.45) is -0.471. The second kappa shape index (κ2) is 7.84. The topological polar surface area (TPSA) is 79.5 Å². The number of amides is 2. The van der Waals surface area contributed by atoms with Crippen LogP contribution in [0.5, 0.6) is 0 Å². The van der Waals surface area contributed by atoms with Crippen LogP contribution in [0.15, 0.2) is 48.5 Å². The molecule has 0 aliphatic heterocycles. The molecule has 0 atom stereocenters. The van der Waals surface area contributed by atoms with Crippen LogP contribution in [0.4, 0.5) is 27.5 Å². The van der Waals surface area contributed by atoms with Gasteiger partial charge in [0.25, 0.3) is 0 Å². The van der Waals surface area contributed by atoms with E-state index in [0.717, 1.165) is 17.1 Å². The van der Waals surface area contributed by atoms with Crippen LogP contribution in [0.3, 0.4) is 0 Å². The lowest BCUT2D eigenvalue weighted by Crippen LogP contribution is -2.13. The highest BCUT2D eigenvalue weighted by molar-refractivity contribution is 5.89. The molecule has 0 aliphatic rings. The van der Waals surface area contributed by atoms with Crippen LogP contribution >= 0.6 is 0 Å². The minimum absolute atomic E-state index is 0.101. The fourth-order valence-corrected chi connectivity index (χ4v) is 1.93. The van der Waals surface area contributed by atoms with Gasteiger partial charge in [-0.2, -0.15) is 0 Å². The van der Waals surface area contributed by atoms with Gasteiger partial charge in [0.2, 0.25) is 5.91 Å². The molecule has 0 saturated heterocycles. The van der Waals surface area contributed by atoms with Crippen LogP contribution in [0.2, 0.25) is 0 Å². The maximum absolute atomic E-state index is 11.3. The van der Waals surface area contributed by atoms with E-state index in [9.17, 15) is 9.59 Å². The van der Waals surface area contributed by atoms with Crippen molar-refractivity contribution in [3.8, 4) is 0 Å². The average molecular weight is 313 g/mol. The zero-order chi connectivity index (χ0) is 16.7. The van der Waals surface area contributed by atoms with E-state index in [0.29, 0.717) is 12.3 Å². The highest BCUT2D eigenvalue weighted by Gasteiger charge is 2.02. The molecular formula is C17H19N3O3. The molecule has 0 heterocycles. The van der Waals surface area contributed by atoms with Crippen molar-refractivity contribution < 1.29 is 14.3 Å². The van der Waals surface area contributed by atoms with E-state index in [2.05, 4.69) is 16.0 Å². The molecule has 120 valence electrons. The lowest BCUT2D eigenvalue weighted by Gasteiger charge is -2.09. The van der Waals surface area contributed by atoms with Crippen molar-refractivity contribution in [1.29, 1.82) is 0 Å². The summed E-state index contributed by atoms with van der Waals surface area (Å²) in [5.41, 5.74) is 3.18. The standard InChI is InChI=1S/C17H19N3O3/c1-3-23-17(22)20-16-10-8-15(9-11-16)19-14-6-4-13(5-7-14)18-12(2)21/h4-11,19H,3H2,1-2H3,(H,18,21)(H,20,22). The summed E-state index contributed by atoms with van der Waals surface area (Å²) in [4.78, 5) is 22.3. The lowest BCUT2D eigenvalue weighted by molar-refractivity contribution is -0.114. The number of carbonyl (C=O) groups excluding carboxylic acids is 2. The van der Waals surface area contributed by atoms with Gasteiger partial charge < -0.3 is 15.4 Å². The van der Waals surface area contributed by atoms with Crippen molar-refractivity contribution in [1.82, 2.24) is 0 Å². The SMILES string of the molecule is CCOC(=O)Nc1ccc(Nc2ccc(NC(C)=O)cc2)cc1. The van der Waals surface area contributed by atoms with Gasteiger partial charge in [-0.15, -0.1) is 0 Å². The van der Waals surface area contributed by atoms with Gasteiger partial charge >= 0.3 is 6.09 Å². The molecule has 0 saturated carbocycles. The van der Waals surface area contributed by atoms with Gasteiger partial charge in [0.05, 0.1) is 6.61 Å². The van der Waals surface area contributed by atoms with E-state index in [4.69, 9.17) is 4.74 Å². The first-order valence-corrected chi connectivity index (χ1v) is 7.25. The second-order valence-corrected chi connectivity index (χ2v) is 4.81. The fourth-order valence-electron chi connectivity index (χ4n) is 1.93. The molecule has 2 aromatic carbocycles. The van der Waals surface area contributed by atoms with Gasteiger partial charge in [-0.3, -0.25) is 10.1 Å². The largest absolute Gasteiger partial charge is 0.450 e. The minimum atomic E-state index is -0.471. The number of rotatable bonds is 5. The number of hydrogen-bond acceptors (Lipinski definition) is 4. The average Bonchev–Trinajstić information content (AvgIpc) is 2.51. The summed E-state index contributed by atoms with van der Waals surface area (Å²) in [6.45, 7) is 3.56. The normalized spacial score (nSPS) is 9.83. The number of carbonyl (C=O) groups is 2. The third-order valence-corrected chi connectivity index (χ3v) is 2.90. The lowest BCUT2D eigenvalue weighted by atomic mass is 10.2. The Morgan fingerprint density at radius 3 is 1.70 bits per heavy atom. The van der Waals surface area contributed by atoms with E-state index in [1.54, 1.807) is 19.1 Å². The maximum atomic E-state index is 11.3. The van der Waals surface area contributed by atoms with Crippen LogP contribution in [0.25, 0.3) is 0 Å². The van der Waals surface area contributed by atoms with Gasteiger partial charge in [0, 0.05) is 29.7 Å². The third-order valence-electron chi connectivity index (χ3n) is 2.90. The van der Waals surface area contributed by atoms with Crippen molar-refractivity contribution in [2.45, 2.75) is 13.8 Å². The molecule has 6 heteroatoms. The predicted octanol–water partition coefficient (Wildman–Crippen LogP) is 3.96. The summed E-state index contributed by atoms with van der Waals surface area (Å²) >= 11 is 0. The Balaban J connectivity index is 1.95. The smallest absolute Gasteiger partial charge is 0.411 e. The van der Waals surface area contributed by atoms with E-state index in [-0.39, 0.29) is 5.91 Å². The van der Waals surface area contributed by atoms with Crippen molar-refractivity contribution in [2.24, 2.45) is 0 Å². The van der Waals surface area contributed by atoms with Crippen LogP contribution in [0, 0.1) is 0 Å². The highest BCUT2D eigenvalue weighted by atomic mass is 16.5. The Bertz CT molecular complexity index is 666. The van der Waals surface area contributed by atoms with Crippen LogP contribution < -0.4 is 16.0 Å². The quantitative estimate of drug-likeness (QED) is 0.780. The third kappa shape index (κ3) is 5.35. The number of benzene rings is 2.